The number of cyclic esters (lactones) is 1. The van der Waals surface area contributed by atoms with Crippen molar-refractivity contribution in [2.45, 2.75) is 65.1 Å². The minimum atomic E-state index is -0.780. The van der Waals surface area contributed by atoms with Crippen molar-refractivity contribution in [3.8, 4) is 0 Å². The lowest BCUT2D eigenvalue weighted by molar-refractivity contribution is -0.145. The van der Waals surface area contributed by atoms with Crippen LogP contribution in [0.25, 0.3) is 0 Å². The van der Waals surface area contributed by atoms with Crippen LogP contribution in [0.1, 0.15) is 69.1 Å². The zero-order valence-electron chi connectivity index (χ0n) is 16.7. The molecule has 0 radical (unpaired) electrons. The normalized spacial score (nSPS) is 34.3. The van der Waals surface area contributed by atoms with E-state index in [-0.39, 0.29) is 29.3 Å². The summed E-state index contributed by atoms with van der Waals surface area (Å²) in [6, 6.07) is 2.02. The lowest BCUT2D eigenvalue weighted by Crippen LogP contribution is -2.26. The molecule has 1 aliphatic heterocycles. The first kappa shape index (κ1) is 19.7. The third-order valence-corrected chi connectivity index (χ3v) is 6.18. The highest BCUT2D eigenvalue weighted by Crippen LogP contribution is 2.63. The predicted octanol–water partition coefficient (Wildman–Crippen LogP) is 5.15. The van der Waals surface area contributed by atoms with E-state index in [1.54, 1.807) is 0 Å². The van der Waals surface area contributed by atoms with Crippen molar-refractivity contribution in [3.05, 3.63) is 59.6 Å². The van der Waals surface area contributed by atoms with Crippen LogP contribution in [-0.2, 0) is 9.53 Å². The standard InChI is InChI=1S/C23H30O4/c1-7-8-19-23(6)12-17(23)18-11-15(5)21(26-18)20(24)16(13(2)3)10-9-14(4)22(25)27-19/h7-8,11,16-17,19-20,24H,2,4,9-10,12H2,1,3,5-6H3/b8-7+/t16-,17-,19+,20+,23+/m0/s1. The summed E-state index contributed by atoms with van der Waals surface area (Å²) in [5, 5.41) is 11.0. The van der Waals surface area contributed by atoms with Gasteiger partial charge in [-0.3, -0.25) is 0 Å². The van der Waals surface area contributed by atoms with Crippen molar-refractivity contribution in [2.24, 2.45) is 11.3 Å². The van der Waals surface area contributed by atoms with Gasteiger partial charge >= 0.3 is 5.97 Å². The number of allylic oxidation sites excluding steroid dienone is 1. The molecule has 4 heteroatoms. The van der Waals surface area contributed by atoms with E-state index in [0.717, 1.165) is 23.3 Å². The fraction of sp³-hybridized carbons (Fsp3) is 0.522. The molecule has 0 spiro atoms. The summed E-state index contributed by atoms with van der Waals surface area (Å²) < 4.78 is 12.0. The molecule has 1 saturated carbocycles. The number of carbonyl (C=O) groups is 1. The van der Waals surface area contributed by atoms with Crippen LogP contribution in [0.15, 0.2) is 46.9 Å². The molecule has 146 valence electrons. The van der Waals surface area contributed by atoms with Crippen LogP contribution >= 0.6 is 0 Å². The molecule has 1 N–H and O–H groups in total. The average Bonchev–Trinajstić information content (AvgIpc) is 3.14. The third kappa shape index (κ3) is 3.55. The average molecular weight is 370 g/mol. The summed E-state index contributed by atoms with van der Waals surface area (Å²) in [6.07, 6.45) is 4.63. The van der Waals surface area contributed by atoms with Gasteiger partial charge in [0, 0.05) is 22.8 Å². The van der Waals surface area contributed by atoms with Crippen LogP contribution in [0, 0.1) is 18.3 Å². The Hall–Kier alpha value is -2.07. The van der Waals surface area contributed by atoms with Crippen molar-refractivity contribution in [1.82, 2.24) is 0 Å². The zero-order chi connectivity index (χ0) is 19.9. The first-order valence-corrected chi connectivity index (χ1v) is 9.64. The van der Waals surface area contributed by atoms with Crippen LogP contribution in [0.3, 0.4) is 0 Å². The number of rotatable bonds is 2. The van der Waals surface area contributed by atoms with Gasteiger partial charge in [-0.15, -0.1) is 0 Å². The Labute approximate surface area is 161 Å². The fourth-order valence-electron chi connectivity index (χ4n) is 4.16. The van der Waals surface area contributed by atoms with Gasteiger partial charge in [0.2, 0.25) is 0 Å². The Morgan fingerprint density at radius 2 is 2.15 bits per heavy atom. The third-order valence-electron chi connectivity index (χ3n) is 6.18. The monoisotopic (exact) mass is 370 g/mol. The van der Waals surface area contributed by atoms with Crippen molar-refractivity contribution in [1.29, 1.82) is 0 Å². The van der Waals surface area contributed by atoms with E-state index in [9.17, 15) is 9.90 Å². The summed E-state index contributed by atoms with van der Waals surface area (Å²) in [5.74, 6) is 1.04. The highest BCUT2D eigenvalue weighted by molar-refractivity contribution is 5.88. The molecule has 0 saturated heterocycles. The molecule has 2 bridgehead atoms. The Kier molecular flexibility index (Phi) is 5.22. The predicted molar refractivity (Wildman–Crippen MR) is 105 cm³/mol. The topological polar surface area (TPSA) is 59.7 Å². The Morgan fingerprint density at radius 1 is 1.44 bits per heavy atom. The van der Waals surface area contributed by atoms with Crippen LogP contribution < -0.4 is 0 Å². The summed E-state index contributed by atoms with van der Waals surface area (Å²) in [6.45, 7) is 15.8. The summed E-state index contributed by atoms with van der Waals surface area (Å²) in [5.41, 5.74) is 2.03. The second kappa shape index (κ2) is 7.16. The molecule has 1 aromatic heterocycles. The largest absolute Gasteiger partial charge is 0.463 e. The molecule has 5 atom stereocenters. The molecule has 3 rings (SSSR count). The van der Waals surface area contributed by atoms with Gasteiger partial charge in [-0.1, -0.05) is 31.7 Å². The summed E-state index contributed by atoms with van der Waals surface area (Å²) in [4.78, 5) is 12.6. The Balaban J connectivity index is 2.03. The van der Waals surface area contributed by atoms with Gasteiger partial charge < -0.3 is 14.3 Å². The molecule has 2 aliphatic rings. The molecule has 1 aliphatic carbocycles. The molecule has 0 unspecified atom stereocenters. The van der Waals surface area contributed by atoms with Crippen LogP contribution in [0.4, 0.5) is 0 Å². The van der Waals surface area contributed by atoms with E-state index in [1.165, 1.54) is 0 Å². The van der Waals surface area contributed by atoms with Crippen LogP contribution in [-0.4, -0.2) is 17.2 Å². The fourth-order valence-corrected chi connectivity index (χ4v) is 4.16. The molecule has 0 amide bonds. The first-order valence-electron chi connectivity index (χ1n) is 9.64. The van der Waals surface area contributed by atoms with E-state index >= 15 is 0 Å². The van der Waals surface area contributed by atoms with E-state index < -0.39 is 6.10 Å². The minimum absolute atomic E-state index is 0.156. The maximum Gasteiger partial charge on any atom is 0.334 e. The lowest BCUT2D eigenvalue weighted by atomic mass is 9.87. The number of carbonyl (C=O) groups excluding carboxylic acids is 1. The molecule has 1 fully saturated rings. The number of fused-ring (bicyclic) bond motifs is 4. The van der Waals surface area contributed by atoms with Crippen LogP contribution in [0.5, 0.6) is 0 Å². The quantitative estimate of drug-likeness (QED) is 0.444. The molecular formula is C23H30O4. The number of aryl methyl sites for hydroxylation is 1. The number of hydrogen-bond acceptors (Lipinski definition) is 4. The molecule has 27 heavy (non-hydrogen) atoms. The number of ether oxygens (including phenoxy) is 1. The van der Waals surface area contributed by atoms with Gasteiger partial charge in [0.15, 0.2) is 0 Å². The maximum absolute atomic E-state index is 12.6. The van der Waals surface area contributed by atoms with Crippen LogP contribution in [0.2, 0.25) is 0 Å². The minimum Gasteiger partial charge on any atom is -0.463 e. The lowest BCUT2D eigenvalue weighted by Gasteiger charge is -2.24. The van der Waals surface area contributed by atoms with E-state index in [0.29, 0.717) is 24.2 Å². The second-order valence-corrected chi connectivity index (χ2v) is 8.35. The summed E-state index contributed by atoms with van der Waals surface area (Å²) in [7, 11) is 0. The van der Waals surface area contributed by atoms with Gasteiger partial charge in [-0.25, -0.2) is 4.79 Å². The van der Waals surface area contributed by atoms with Crippen molar-refractivity contribution in [3.63, 3.8) is 0 Å². The maximum atomic E-state index is 12.6. The SMILES string of the molecule is C=C1CC[C@@H](C(=C)C)[C@@H](O)c2oc(cc2C)[C@@H]2C[C@@]2(C)[C@@H](/C=C/C)OC1=O. The number of aliphatic hydroxyl groups excluding tert-OH is 1. The molecular weight excluding hydrogens is 340 g/mol. The number of esters is 1. The first-order chi connectivity index (χ1) is 12.7. The highest BCUT2D eigenvalue weighted by atomic mass is 16.5. The van der Waals surface area contributed by atoms with Gasteiger partial charge in [0.1, 0.15) is 23.7 Å². The van der Waals surface area contributed by atoms with Crippen molar-refractivity contribution < 1.29 is 19.1 Å². The second-order valence-electron chi connectivity index (χ2n) is 8.35. The highest BCUT2D eigenvalue weighted by Gasteiger charge is 2.58. The van der Waals surface area contributed by atoms with E-state index in [2.05, 4.69) is 20.1 Å². The summed E-state index contributed by atoms with van der Waals surface area (Å²) >= 11 is 0. The molecule has 2 heterocycles. The molecule has 1 aromatic rings. The van der Waals surface area contributed by atoms with E-state index in [1.807, 2.05) is 39.0 Å². The van der Waals surface area contributed by atoms with Gasteiger partial charge in [0.25, 0.3) is 0 Å². The molecule has 0 aromatic carbocycles. The number of hydrogen-bond donors (Lipinski definition) is 1. The Morgan fingerprint density at radius 3 is 2.78 bits per heavy atom. The Bertz CT molecular complexity index is 799. The number of furan rings is 1. The smallest absolute Gasteiger partial charge is 0.334 e. The van der Waals surface area contributed by atoms with Gasteiger partial charge in [0.05, 0.1) is 0 Å². The number of aliphatic hydroxyl groups is 1. The molecule has 4 nitrogen and oxygen atoms in total. The van der Waals surface area contributed by atoms with Crippen molar-refractivity contribution in [2.75, 3.05) is 0 Å². The van der Waals surface area contributed by atoms with Crippen molar-refractivity contribution >= 4 is 5.97 Å². The van der Waals surface area contributed by atoms with Gasteiger partial charge in [-0.05, 0) is 57.7 Å². The zero-order valence-corrected chi connectivity index (χ0v) is 16.7. The van der Waals surface area contributed by atoms with Gasteiger partial charge in [-0.2, -0.15) is 0 Å². The van der Waals surface area contributed by atoms with E-state index in [4.69, 9.17) is 9.15 Å².